The van der Waals surface area contributed by atoms with Crippen LogP contribution < -0.4 is 4.90 Å². The lowest BCUT2D eigenvalue weighted by Gasteiger charge is -2.32. The highest BCUT2D eigenvalue weighted by Gasteiger charge is 2.27. The zero-order valence-corrected chi connectivity index (χ0v) is 13.7. The Morgan fingerprint density at radius 2 is 1.87 bits per heavy atom. The minimum Gasteiger partial charge on any atom is -0.464 e. The molecule has 0 bridgehead atoms. The SMILES string of the molecule is CC(C)(C)OC(=O)N1CC=C(N(C(=O)O)c2ccccc2)CC1. The number of carboxylic acid groups (broad SMARTS) is 1. The fourth-order valence-corrected chi connectivity index (χ4v) is 2.33. The molecule has 1 aromatic rings. The largest absolute Gasteiger partial charge is 0.464 e. The molecule has 2 amide bonds. The Bertz CT molecular complexity index is 605. The molecule has 1 N–H and O–H groups in total. The number of para-hydroxylation sites is 1. The van der Waals surface area contributed by atoms with E-state index in [9.17, 15) is 14.7 Å². The Balaban J connectivity index is 2.10. The van der Waals surface area contributed by atoms with Gasteiger partial charge in [-0.1, -0.05) is 18.2 Å². The average molecular weight is 318 g/mol. The second-order valence-electron chi connectivity index (χ2n) is 6.33. The summed E-state index contributed by atoms with van der Waals surface area (Å²) in [4.78, 5) is 26.4. The second kappa shape index (κ2) is 6.73. The summed E-state index contributed by atoms with van der Waals surface area (Å²) < 4.78 is 5.33. The van der Waals surface area contributed by atoms with Crippen LogP contribution in [0.5, 0.6) is 0 Å². The molecule has 6 heteroatoms. The molecule has 0 saturated heterocycles. The normalized spacial score (nSPS) is 14.9. The maximum absolute atomic E-state index is 12.0. The van der Waals surface area contributed by atoms with E-state index in [4.69, 9.17) is 4.74 Å². The van der Waals surface area contributed by atoms with Crippen LogP contribution >= 0.6 is 0 Å². The van der Waals surface area contributed by atoms with Crippen LogP contribution in [0, 0.1) is 0 Å². The summed E-state index contributed by atoms with van der Waals surface area (Å²) in [6, 6.07) is 8.91. The van der Waals surface area contributed by atoms with E-state index in [-0.39, 0.29) is 6.09 Å². The predicted octanol–water partition coefficient (Wildman–Crippen LogP) is 3.70. The lowest BCUT2D eigenvalue weighted by atomic mass is 10.1. The first-order valence-electron chi connectivity index (χ1n) is 7.53. The molecule has 1 aromatic carbocycles. The van der Waals surface area contributed by atoms with Crippen molar-refractivity contribution >= 4 is 17.9 Å². The molecule has 0 spiro atoms. The first-order chi connectivity index (χ1) is 10.8. The third kappa shape index (κ3) is 4.48. The van der Waals surface area contributed by atoms with Crippen LogP contribution in [0.2, 0.25) is 0 Å². The van der Waals surface area contributed by atoms with Crippen molar-refractivity contribution < 1.29 is 19.4 Å². The highest BCUT2D eigenvalue weighted by atomic mass is 16.6. The van der Waals surface area contributed by atoms with Crippen LogP contribution in [0.4, 0.5) is 15.3 Å². The van der Waals surface area contributed by atoms with Crippen LogP contribution in [0.25, 0.3) is 0 Å². The molecular formula is C17H22N2O4. The molecule has 6 nitrogen and oxygen atoms in total. The van der Waals surface area contributed by atoms with Crippen molar-refractivity contribution in [3.8, 4) is 0 Å². The van der Waals surface area contributed by atoms with Gasteiger partial charge in [0.1, 0.15) is 5.60 Å². The van der Waals surface area contributed by atoms with Gasteiger partial charge in [0.2, 0.25) is 0 Å². The third-order valence-electron chi connectivity index (χ3n) is 3.33. The Morgan fingerprint density at radius 1 is 1.22 bits per heavy atom. The van der Waals surface area contributed by atoms with E-state index in [2.05, 4.69) is 0 Å². The third-order valence-corrected chi connectivity index (χ3v) is 3.33. The van der Waals surface area contributed by atoms with Gasteiger partial charge in [0.05, 0.1) is 5.69 Å². The van der Waals surface area contributed by atoms with Gasteiger partial charge in [-0.15, -0.1) is 0 Å². The summed E-state index contributed by atoms with van der Waals surface area (Å²) in [5.74, 6) is 0. The number of hydrogen-bond acceptors (Lipinski definition) is 3. The smallest absolute Gasteiger partial charge is 0.416 e. The van der Waals surface area contributed by atoms with E-state index in [0.29, 0.717) is 30.9 Å². The van der Waals surface area contributed by atoms with Crippen molar-refractivity contribution in [3.05, 3.63) is 42.1 Å². The first kappa shape index (κ1) is 16.9. The maximum Gasteiger partial charge on any atom is 0.416 e. The zero-order valence-electron chi connectivity index (χ0n) is 13.7. The summed E-state index contributed by atoms with van der Waals surface area (Å²) in [5, 5.41) is 9.49. The first-order valence-corrected chi connectivity index (χ1v) is 7.53. The molecule has 0 fully saturated rings. The van der Waals surface area contributed by atoms with Gasteiger partial charge in [0, 0.05) is 25.2 Å². The van der Waals surface area contributed by atoms with Gasteiger partial charge in [-0.25, -0.2) is 9.59 Å². The summed E-state index contributed by atoms with van der Waals surface area (Å²) in [5.41, 5.74) is 0.721. The van der Waals surface area contributed by atoms with Gasteiger partial charge in [0.15, 0.2) is 0 Å². The summed E-state index contributed by atoms with van der Waals surface area (Å²) in [6.07, 6.45) is 0.803. The van der Waals surface area contributed by atoms with Crippen LogP contribution in [-0.2, 0) is 4.74 Å². The number of ether oxygens (including phenoxy) is 1. The molecule has 124 valence electrons. The number of hydrogen-bond donors (Lipinski definition) is 1. The van der Waals surface area contributed by atoms with Crippen LogP contribution in [0.15, 0.2) is 42.1 Å². The Labute approximate surface area is 136 Å². The molecular weight excluding hydrogens is 296 g/mol. The van der Waals surface area contributed by atoms with E-state index in [1.54, 1.807) is 35.2 Å². The topological polar surface area (TPSA) is 70.1 Å². The Hall–Kier alpha value is -2.50. The molecule has 0 radical (unpaired) electrons. The van der Waals surface area contributed by atoms with E-state index in [0.717, 1.165) is 0 Å². The Morgan fingerprint density at radius 3 is 2.35 bits per heavy atom. The monoisotopic (exact) mass is 318 g/mol. The highest BCUT2D eigenvalue weighted by molar-refractivity contribution is 5.89. The van der Waals surface area contributed by atoms with Gasteiger partial charge in [-0.3, -0.25) is 4.90 Å². The van der Waals surface area contributed by atoms with E-state index in [1.807, 2.05) is 26.8 Å². The minimum absolute atomic E-state index is 0.334. The molecule has 23 heavy (non-hydrogen) atoms. The molecule has 1 heterocycles. The molecule has 0 aromatic heterocycles. The predicted molar refractivity (Wildman–Crippen MR) is 87.5 cm³/mol. The second-order valence-corrected chi connectivity index (χ2v) is 6.33. The number of anilines is 1. The summed E-state index contributed by atoms with van der Waals surface area (Å²) in [7, 11) is 0. The maximum atomic E-state index is 12.0. The van der Waals surface area contributed by atoms with Gasteiger partial charge in [0.25, 0.3) is 0 Å². The highest BCUT2D eigenvalue weighted by Crippen LogP contribution is 2.24. The number of carbonyl (C=O) groups is 2. The Kier molecular flexibility index (Phi) is 4.93. The number of rotatable bonds is 2. The number of amides is 2. The van der Waals surface area contributed by atoms with Crippen LogP contribution in [0.3, 0.4) is 0 Å². The van der Waals surface area contributed by atoms with Crippen molar-refractivity contribution in [3.63, 3.8) is 0 Å². The van der Waals surface area contributed by atoms with Gasteiger partial charge >= 0.3 is 12.2 Å². The van der Waals surface area contributed by atoms with Gasteiger partial charge in [-0.2, -0.15) is 0 Å². The van der Waals surface area contributed by atoms with Gasteiger partial charge < -0.3 is 14.7 Å². The molecule has 0 unspecified atom stereocenters. The molecule has 2 rings (SSSR count). The number of carbonyl (C=O) groups excluding carboxylic acids is 1. The zero-order chi connectivity index (χ0) is 17.0. The molecule has 1 aliphatic heterocycles. The minimum atomic E-state index is -1.03. The fourth-order valence-electron chi connectivity index (χ4n) is 2.33. The number of benzene rings is 1. The lowest BCUT2D eigenvalue weighted by molar-refractivity contribution is 0.0266. The summed E-state index contributed by atoms with van der Waals surface area (Å²) in [6.45, 7) is 6.21. The quantitative estimate of drug-likeness (QED) is 0.902. The van der Waals surface area contributed by atoms with E-state index in [1.165, 1.54) is 4.90 Å². The molecule has 0 atom stereocenters. The van der Waals surface area contributed by atoms with Gasteiger partial charge in [-0.05, 0) is 39.0 Å². The van der Waals surface area contributed by atoms with Crippen molar-refractivity contribution in [2.75, 3.05) is 18.0 Å². The summed E-state index contributed by atoms with van der Waals surface area (Å²) >= 11 is 0. The lowest BCUT2D eigenvalue weighted by Crippen LogP contribution is -2.41. The molecule has 1 aliphatic rings. The van der Waals surface area contributed by atoms with Crippen molar-refractivity contribution in [1.82, 2.24) is 4.90 Å². The van der Waals surface area contributed by atoms with E-state index >= 15 is 0 Å². The van der Waals surface area contributed by atoms with Crippen LogP contribution in [-0.4, -0.2) is 40.9 Å². The van der Waals surface area contributed by atoms with Crippen molar-refractivity contribution in [1.29, 1.82) is 0 Å². The standard InChI is InChI=1S/C17H22N2O4/c1-17(2,3)23-16(22)18-11-9-14(10-12-18)19(15(20)21)13-7-5-4-6-8-13/h4-9H,10-12H2,1-3H3,(H,20,21). The van der Waals surface area contributed by atoms with Crippen LogP contribution in [0.1, 0.15) is 27.2 Å². The number of nitrogens with zero attached hydrogens (tertiary/aromatic N) is 2. The fraction of sp³-hybridized carbons (Fsp3) is 0.412. The van der Waals surface area contributed by atoms with E-state index < -0.39 is 11.7 Å². The van der Waals surface area contributed by atoms with Crippen molar-refractivity contribution in [2.24, 2.45) is 0 Å². The average Bonchev–Trinajstić information content (AvgIpc) is 2.47. The molecule has 0 saturated carbocycles. The van der Waals surface area contributed by atoms with Crippen molar-refractivity contribution in [2.45, 2.75) is 32.8 Å². The molecule has 0 aliphatic carbocycles.